The molecule has 4 rings (SSSR count). The standard InChI is InChI=1S/C24H28N6O/c1-23(2,3)20-12-21(30(5)29-20)28-22-26-9-7-19(27-22)15-10-16(13-25)17-6-8-24(4,14-31)18(17)11-15/h7,9-12,31H,6,8,14H2,1-5H3,(H,26,27,28). The highest BCUT2D eigenvalue weighted by Crippen LogP contribution is 2.42. The first-order valence-corrected chi connectivity index (χ1v) is 10.5. The second kappa shape index (κ2) is 7.47. The van der Waals surface area contributed by atoms with Crippen molar-refractivity contribution in [2.75, 3.05) is 11.9 Å². The van der Waals surface area contributed by atoms with E-state index >= 15 is 0 Å². The fourth-order valence-electron chi connectivity index (χ4n) is 4.07. The van der Waals surface area contributed by atoms with Gasteiger partial charge in [0.1, 0.15) is 5.82 Å². The molecule has 7 heteroatoms. The molecular weight excluding hydrogens is 388 g/mol. The van der Waals surface area contributed by atoms with E-state index < -0.39 is 0 Å². The van der Waals surface area contributed by atoms with E-state index in [1.54, 1.807) is 10.9 Å². The molecule has 0 aliphatic heterocycles. The Labute approximate surface area is 182 Å². The number of aryl methyl sites for hydroxylation is 1. The number of nitrogens with zero attached hydrogens (tertiary/aromatic N) is 5. The van der Waals surface area contributed by atoms with Crippen LogP contribution in [0.5, 0.6) is 0 Å². The molecule has 1 unspecified atom stereocenters. The van der Waals surface area contributed by atoms with Gasteiger partial charge in [0.05, 0.1) is 29.6 Å². The topological polar surface area (TPSA) is 99.7 Å². The van der Waals surface area contributed by atoms with Crippen molar-refractivity contribution in [2.45, 2.75) is 51.4 Å². The predicted molar refractivity (Wildman–Crippen MR) is 120 cm³/mol. The zero-order valence-electron chi connectivity index (χ0n) is 18.7. The molecule has 2 aromatic heterocycles. The first-order valence-electron chi connectivity index (χ1n) is 10.5. The number of aliphatic hydroxyl groups excluding tert-OH is 1. The van der Waals surface area contributed by atoms with Gasteiger partial charge in [-0.2, -0.15) is 10.4 Å². The average Bonchev–Trinajstić information content (AvgIpc) is 3.28. The first kappa shape index (κ1) is 21.0. The lowest BCUT2D eigenvalue weighted by atomic mass is 9.83. The third kappa shape index (κ3) is 3.79. The summed E-state index contributed by atoms with van der Waals surface area (Å²) in [5, 5.41) is 27.5. The summed E-state index contributed by atoms with van der Waals surface area (Å²) in [6, 6.07) is 10.1. The molecule has 0 fully saturated rings. The van der Waals surface area contributed by atoms with Crippen LogP contribution in [0.1, 0.15) is 56.5 Å². The number of nitrogens with one attached hydrogen (secondary N) is 1. The highest BCUT2D eigenvalue weighted by atomic mass is 16.3. The fraction of sp³-hybridized carbons (Fsp3) is 0.417. The third-order valence-corrected chi connectivity index (χ3v) is 6.14. The maximum Gasteiger partial charge on any atom is 0.228 e. The maximum atomic E-state index is 9.96. The molecule has 3 aromatic rings. The van der Waals surface area contributed by atoms with Gasteiger partial charge in [0.25, 0.3) is 0 Å². The van der Waals surface area contributed by atoms with Crippen LogP contribution < -0.4 is 5.32 Å². The summed E-state index contributed by atoms with van der Waals surface area (Å²) >= 11 is 0. The van der Waals surface area contributed by atoms with E-state index in [2.05, 4.69) is 48.3 Å². The van der Waals surface area contributed by atoms with E-state index in [9.17, 15) is 10.4 Å². The summed E-state index contributed by atoms with van der Waals surface area (Å²) in [5.41, 5.74) is 4.90. The minimum Gasteiger partial charge on any atom is -0.395 e. The van der Waals surface area contributed by atoms with Crippen molar-refractivity contribution in [3.05, 3.63) is 52.8 Å². The molecule has 0 amide bonds. The van der Waals surface area contributed by atoms with Gasteiger partial charge in [0.2, 0.25) is 5.95 Å². The Balaban J connectivity index is 1.71. The molecule has 2 heterocycles. The zero-order chi connectivity index (χ0) is 22.4. The van der Waals surface area contributed by atoms with Crippen LogP contribution in [0.2, 0.25) is 0 Å². The Bertz CT molecular complexity index is 1180. The Kier molecular flexibility index (Phi) is 5.06. The normalized spacial score (nSPS) is 18.0. The van der Waals surface area contributed by atoms with Crippen molar-refractivity contribution in [2.24, 2.45) is 7.05 Å². The quantitative estimate of drug-likeness (QED) is 0.667. The number of aliphatic hydroxyl groups is 1. The minimum absolute atomic E-state index is 0.0570. The number of anilines is 2. The minimum atomic E-state index is -0.330. The van der Waals surface area contributed by atoms with Gasteiger partial charge >= 0.3 is 0 Å². The SMILES string of the molecule is Cn1nc(C(C)(C)C)cc1Nc1nccc(-c2cc(C#N)c3c(c2)C(C)(CO)CC3)n1. The number of aromatic nitrogens is 4. The first-order chi connectivity index (χ1) is 14.6. The highest BCUT2D eigenvalue weighted by molar-refractivity contribution is 5.68. The molecule has 1 atom stereocenters. The largest absolute Gasteiger partial charge is 0.395 e. The van der Waals surface area contributed by atoms with E-state index in [1.165, 1.54) is 0 Å². The summed E-state index contributed by atoms with van der Waals surface area (Å²) in [6.45, 7) is 8.47. The van der Waals surface area contributed by atoms with Crippen LogP contribution >= 0.6 is 0 Å². The number of nitriles is 1. The van der Waals surface area contributed by atoms with Gasteiger partial charge in [-0.05, 0) is 42.2 Å². The summed E-state index contributed by atoms with van der Waals surface area (Å²) in [6.07, 6.45) is 3.35. The Morgan fingerprint density at radius 1 is 1.29 bits per heavy atom. The van der Waals surface area contributed by atoms with Crippen molar-refractivity contribution in [3.8, 4) is 17.3 Å². The predicted octanol–water partition coefficient (Wildman–Crippen LogP) is 3.99. The van der Waals surface area contributed by atoms with Crippen molar-refractivity contribution in [1.82, 2.24) is 19.7 Å². The second-order valence-electron chi connectivity index (χ2n) is 9.56. The van der Waals surface area contributed by atoms with E-state index in [0.717, 1.165) is 46.7 Å². The molecule has 0 radical (unpaired) electrons. The number of rotatable bonds is 4. The van der Waals surface area contributed by atoms with Gasteiger partial charge in [0, 0.05) is 35.7 Å². The van der Waals surface area contributed by atoms with E-state index in [1.807, 2.05) is 32.2 Å². The summed E-state index contributed by atoms with van der Waals surface area (Å²) in [7, 11) is 1.89. The molecule has 7 nitrogen and oxygen atoms in total. The van der Waals surface area contributed by atoms with Gasteiger partial charge in [-0.25, -0.2) is 9.97 Å². The van der Waals surface area contributed by atoms with Crippen molar-refractivity contribution >= 4 is 11.8 Å². The van der Waals surface area contributed by atoms with E-state index in [-0.39, 0.29) is 17.4 Å². The van der Waals surface area contributed by atoms with Crippen molar-refractivity contribution in [1.29, 1.82) is 5.26 Å². The molecule has 0 spiro atoms. The molecule has 0 saturated heterocycles. The second-order valence-corrected chi connectivity index (χ2v) is 9.56. The molecule has 1 aliphatic rings. The van der Waals surface area contributed by atoms with Crippen LogP contribution in [0.4, 0.5) is 11.8 Å². The van der Waals surface area contributed by atoms with Gasteiger partial charge in [-0.3, -0.25) is 4.68 Å². The number of fused-ring (bicyclic) bond motifs is 1. The fourth-order valence-corrected chi connectivity index (χ4v) is 4.07. The highest BCUT2D eigenvalue weighted by Gasteiger charge is 2.35. The maximum absolute atomic E-state index is 9.96. The molecule has 160 valence electrons. The van der Waals surface area contributed by atoms with Crippen molar-refractivity contribution < 1.29 is 5.11 Å². The van der Waals surface area contributed by atoms with Crippen molar-refractivity contribution in [3.63, 3.8) is 0 Å². The third-order valence-electron chi connectivity index (χ3n) is 6.14. The number of hydrogen-bond acceptors (Lipinski definition) is 6. The van der Waals surface area contributed by atoms with E-state index in [0.29, 0.717) is 11.5 Å². The average molecular weight is 417 g/mol. The van der Waals surface area contributed by atoms with Gasteiger partial charge < -0.3 is 10.4 Å². The van der Waals surface area contributed by atoms with E-state index in [4.69, 9.17) is 4.98 Å². The summed E-state index contributed by atoms with van der Waals surface area (Å²) in [4.78, 5) is 9.05. The lowest BCUT2D eigenvalue weighted by Gasteiger charge is -2.23. The molecule has 0 saturated carbocycles. The monoisotopic (exact) mass is 416 g/mol. The van der Waals surface area contributed by atoms with Crippen LogP contribution in [0, 0.1) is 11.3 Å². The van der Waals surface area contributed by atoms with Crippen LogP contribution in [0.25, 0.3) is 11.3 Å². The van der Waals surface area contributed by atoms with Gasteiger partial charge in [-0.1, -0.05) is 27.7 Å². The van der Waals surface area contributed by atoms with Gasteiger partial charge in [0.15, 0.2) is 0 Å². The number of hydrogen-bond donors (Lipinski definition) is 2. The lowest BCUT2D eigenvalue weighted by Crippen LogP contribution is -2.23. The van der Waals surface area contributed by atoms with Crippen LogP contribution in [0.15, 0.2) is 30.5 Å². The van der Waals surface area contributed by atoms with Gasteiger partial charge in [-0.15, -0.1) is 0 Å². The Hall–Kier alpha value is -3.24. The smallest absolute Gasteiger partial charge is 0.228 e. The molecule has 1 aliphatic carbocycles. The molecule has 0 bridgehead atoms. The Morgan fingerprint density at radius 2 is 2.06 bits per heavy atom. The van der Waals surface area contributed by atoms with Crippen LogP contribution in [-0.2, 0) is 24.3 Å². The molecule has 1 aromatic carbocycles. The zero-order valence-corrected chi connectivity index (χ0v) is 18.7. The molecular formula is C24H28N6O. The molecule has 31 heavy (non-hydrogen) atoms. The number of benzene rings is 1. The lowest BCUT2D eigenvalue weighted by molar-refractivity contribution is 0.206. The van der Waals surface area contributed by atoms with Crippen LogP contribution in [0.3, 0.4) is 0 Å². The van der Waals surface area contributed by atoms with Crippen LogP contribution in [-0.4, -0.2) is 31.5 Å². The summed E-state index contributed by atoms with van der Waals surface area (Å²) in [5.74, 6) is 1.27. The summed E-state index contributed by atoms with van der Waals surface area (Å²) < 4.78 is 1.78. The Morgan fingerprint density at radius 3 is 2.71 bits per heavy atom. The molecule has 2 N–H and O–H groups in total.